The summed E-state index contributed by atoms with van der Waals surface area (Å²) in [5.74, 6) is -0.689. The van der Waals surface area contributed by atoms with E-state index in [4.69, 9.17) is 5.11 Å². The SMILES string of the molecule is CCCCCCCC(C)N(C)CCCC(=O)O. The topological polar surface area (TPSA) is 40.5 Å². The average Bonchev–Trinajstić information content (AvgIpc) is 2.27. The quantitative estimate of drug-likeness (QED) is 0.564. The van der Waals surface area contributed by atoms with Crippen molar-refractivity contribution in [3.8, 4) is 0 Å². The molecule has 0 aliphatic rings. The predicted molar refractivity (Wildman–Crippen MR) is 72.3 cm³/mol. The lowest BCUT2D eigenvalue weighted by Crippen LogP contribution is -2.30. The smallest absolute Gasteiger partial charge is 0.303 e. The molecule has 3 heteroatoms. The van der Waals surface area contributed by atoms with Crippen LogP contribution in [0.15, 0.2) is 0 Å². The zero-order chi connectivity index (χ0) is 13.1. The van der Waals surface area contributed by atoms with Crippen LogP contribution in [0.1, 0.15) is 65.2 Å². The van der Waals surface area contributed by atoms with Gasteiger partial charge in [0.2, 0.25) is 0 Å². The summed E-state index contributed by atoms with van der Waals surface area (Å²) in [6.07, 6.45) is 8.90. The Bertz CT molecular complexity index is 195. The molecular formula is C14H29NO2. The Kier molecular flexibility index (Phi) is 10.2. The molecule has 0 fully saturated rings. The van der Waals surface area contributed by atoms with Gasteiger partial charge in [0.25, 0.3) is 0 Å². The van der Waals surface area contributed by atoms with E-state index in [0.29, 0.717) is 6.04 Å². The highest BCUT2D eigenvalue weighted by Gasteiger charge is 2.08. The molecule has 17 heavy (non-hydrogen) atoms. The largest absolute Gasteiger partial charge is 0.481 e. The van der Waals surface area contributed by atoms with E-state index in [1.807, 2.05) is 0 Å². The van der Waals surface area contributed by atoms with E-state index in [1.165, 1.54) is 38.5 Å². The number of carbonyl (C=O) groups is 1. The predicted octanol–water partition coefficient (Wildman–Crippen LogP) is 3.53. The summed E-state index contributed by atoms with van der Waals surface area (Å²) in [6.45, 7) is 5.36. The molecule has 0 amide bonds. The Labute approximate surface area is 106 Å². The molecule has 0 rings (SSSR count). The molecule has 0 saturated heterocycles. The van der Waals surface area contributed by atoms with Crippen molar-refractivity contribution in [1.29, 1.82) is 0 Å². The fourth-order valence-corrected chi connectivity index (χ4v) is 1.96. The average molecular weight is 243 g/mol. The number of carboxylic acids is 1. The summed E-state index contributed by atoms with van der Waals surface area (Å²) in [7, 11) is 2.10. The Morgan fingerprint density at radius 3 is 2.41 bits per heavy atom. The summed E-state index contributed by atoms with van der Waals surface area (Å²) < 4.78 is 0. The molecule has 0 radical (unpaired) electrons. The fraction of sp³-hybridized carbons (Fsp3) is 0.929. The van der Waals surface area contributed by atoms with E-state index in [0.717, 1.165) is 13.0 Å². The lowest BCUT2D eigenvalue weighted by molar-refractivity contribution is -0.137. The zero-order valence-electron chi connectivity index (χ0n) is 11.7. The Balaban J connectivity index is 3.46. The van der Waals surface area contributed by atoms with Crippen LogP contribution in [-0.2, 0) is 4.79 Å². The maximum Gasteiger partial charge on any atom is 0.303 e. The number of aliphatic carboxylic acids is 1. The first-order valence-electron chi connectivity index (χ1n) is 7.00. The minimum atomic E-state index is -0.689. The first-order chi connectivity index (χ1) is 8.07. The van der Waals surface area contributed by atoms with Gasteiger partial charge in [-0.05, 0) is 33.4 Å². The van der Waals surface area contributed by atoms with Crippen molar-refractivity contribution in [2.24, 2.45) is 0 Å². The minimum Gasteiger partial charge on any atom is -0.481 e. The van der Waals surface area contributed by atoms with Gasteiger partial charge in [0, 0.05) is 12.5 Å². The fourth-order valence-electron chi connectivity index (χ4n) is 1.96. The normalized spacial score (nSPS) is 12.9. The monoisotopic (exact) mass is 243 g/mol. The van der Waals surface area contributed by atoms with Crippen molar-refractivity contribution in [3.05, 3.63) is 0 Å². The first kappa shape index (κ1) is 16.4. The summed E-state index contributed by atoms with van der Waals surface area (Å²) in [5.41, 5.74) is 0. The van der Waals surface area contributed by atoms with Gasteiger partial charge in [-0.1, -0.05) is 39.0 Å². The van der Waals surface area contributed by atoms with Crippen LogP contribution in [0.3, 0.4) is 0 Å². The highest BCUT2D eigenvalue weighted by Crippen LogP contribution is 2.10. The van der Waals surface area contributed by atoms with Gasteiger partial charge < -0.3 is 10.0 Å². The maximum absolute atomic E-state index is 10.4. The van der Waals surface area contributed by atoms with Gasteiger partial charge in [-0.3, -0.25) is 4.79 Å². The van der Waals surface area contributed by atoms with Crippen LogP contribution in [0.25, 0.3) is 0 Å². The maximum atomic E-state index is 10.4. The molecule has 0 spiro atoms. The highest BCUT2D eigenvalue weighted by atomic mass is 16.4. The third-order valence-electron chi connectivity index (χ3n) is 3.38. The van der Waals surface area contributed by atoms with Crippen molar-refractivity contribution in [3.63, 3.8) is 0 Å². The summed E-state index contributed by atoms with van der Waals surface area (Å²) >= 11 is 0. The van der Waals surface area contributed by atoms with Crippen LogP contribution in [0, 0.1) is 0 Å². The van der Waals surface area contributed by atoms with E-state index < -0.39 is 5.97 Å². The number of carboxylic acid groups (broad SMARTS) is 1. The molecule has 3 nitrogen and oxygen atoms in total. The summed E-state index contributed by atoms with van der Waals surface area (Å²) in [6, 6.07) is 0.574. The lowest BCUT2D eigenvalue weighted by atomic mass is 10.1. The van der Waals surface area contributed by atoms with Crippen molar-refractivity contribution in [2.75, 3.05) is 13.6 Å². The summed E-state index contributed by atoms with van der Waals surface area (Å²) in [5, 5.41) is 8.57. The molecule has 1 unspecified atom stereocenters. The van der Waals surface area contributed by atoms with E-state index in [-0.39, 0.29) is 6.42 Å². The van der Waals surface area contributed by atoms with Crippen LogP contribution in [0.5, 0.6) is 0 Å². The standard InChI is InChI=1S/C14H29NO2/c1-4-5-6-7-8-10-13(2)15(3)12-9-11-14(16)17/h13H,4-12H2,1-3H3,(H,16,17). The van der Waals surface area contributed by atoms with E-state index in [2.05, 4.69) is 25.8 Å². The van der Waals surface area contributed by atoms with Gasteiger partial charge in [0.05, 0.1) is 0 Å². The third-order valence-corrected chi connectivity index (χ3v) is 3.38. The second-order valence-corrected chi connectivity index (χ2v) is 5.03. The van der Waals surface area contributed by atoms with E-state index in [1.54, 1.807) is 0 Å². The number of rotatable bonds is 11. The van der Waals surface area contributed by atoms with Crippen molar-refractivity contribution in [1.82, 2.24) is 4.90 Å². The van der Waals surface area contributed by atoms with Gasteiger partial charge in [0.1, 0.15) is 0 Å². The molecule has 0 saturated carbocycles. The molecule has 1 atom stereocenters. The van der Waals surface area contributed by atoms with Crippen molar-refractivity contribution >= 4 is 5.97 Å². The van der Waals surface area contributed by atoms with Crippen LogP contribution in [0.4, 0.5) is 0 Å². The zero-order valence-corrected chi connectivity index (χ0v) is 11.7. The molecule has 102 valence electrons. The van der Waals surface area contributed by atoms with E-state index in [9.17, 15) is 4.79 Å². The van der Waals surface area contributed by atoms with Crippen molar-refractivity contribution in [2.45, 2.75) is 71.3 Å². The molecular weight excluding hydrogens is 214 g/mol. The lowest BCUT2D eigenvalue weighted by Gasteiger charge is -2.24. The second-order valence-electron chi connectivity index (χ2n) is 5.03. The highest BCUT2D eigenvalue weighted by molar-refractivity contribution is 5.66. The van der Waals surface area contributed by atoms with E-state index >= 15 is 0 Å². The number of unbranched alkanes of at least 4 members (excludes halogenated alkanes) is 4. The van der Waals surface area contributed by atoms with Gasteiger partial charge >= 0.3 is 5.97 Å². The molecule has 0 aliphatic carbocycles. The number of hydrogen-bond acceptors (Lipinski definition) is 2. The Hall–Kier alpha value is -0.570. The minimum absolute atomic E-state index is 0.285. The van der Waals surface area contributed by atoms with Gasteiger partial charge in [-0.2, -0.15) is 0 Å². The van der Waals surface area contributed by atoms with Gasteiger partial charge in [-0.15, -0.1) is 0 Å². The Morgan fingerprint density at radius 2 is 1.82 bits per heavy atom. The number of hydrogen-bond donors (Lipinski definition) is 1. The molecule has 0 heterocycles. The molecule has 1 N–H and O–H groups in total. The van der Waals surface area contributed by atoms with Gasteiger partial charge in [0.15, 0.2) is 0 Å². The molecule has 0 aliphatic heterocycles. The Morgan fingerprint density at radius 1 is 1.18 bits per heavy atom. The van der Waals surface area contributed by atoms with Crippen LogP contribution in [-0.4, -0.2) is 35.6 Å². The second kappa shape index (κ2) is 10.6. The number of nitrogens with zero attached hydrogens (tertiary/aromatic N) is 1. The van der Waals surface area contributed by atoms with Crippen molar-refractivity contribution < 1.29 is 9.90 Å². The van der Waals surface area contributed by atoms with Crippen LogP contribution >= 0.6 is 0 Å². The third kappa shape index (κ3) is 10.3. The molecule has 0 bridgehead atoms. The first-order valence-corrected chi connectivity index (χ1v) is 7.00. The molecule has 0 aromatic carbocycles. The molecule has 0 aromatic rings. The summed E-state index contributed by atoms with van der Waals surface area (Å²) in [4.78, 5) is 12.7. The van der Waals surface area contributed by atoms with Crippen LogP contribution in [0.2, 0.25) is 0 Å². The van der Waals surface area contributed by atoms with Gasteiger partial charge in [-0.25, -0.2) is 0 Å². The van der Waals surface area contributed by atoms with Crippen LogP contribution < -0.4 is 0 Å². The molecule has 0 aromatic heterocycles.